The highest BCUT2D eigenvalue weighted by molar-refractivity contribution is 6.42. The average molecular weight is 391 g/mol. The highest BCUT2D eigenvalue weighted by Gasteiger charge is 2.29. The third-order valence-electron chi connectivity index (χ3n) is 5.19. The van der Waals surface area contributed by atoms with Gasteiger partial charge in [-0.1, -0.05) is 54.4 Å². The summed E-state index contributed by atoms with van der Waals surface area (Å²) in [5.41, 5.74) is 4.96. The molecule has 0 unspecified atom stereocenters. The normalized spacial score (nSPS) is 19.1. The van der Waals surface area contributed by atoms with Gasteiger partial charge in [-0.2, -0.15) is 0 Å². The first-order valence-electron chi connectivity index (χ1n) is 9.05. The maximum absolute atomic E-state index is 11.7. The lowest BCUT2D eigenvalue weighted by Crippen LogP contribution is -2.28. The molecule has 0 heterocycles. The van der Waals surface area contributed by atoms with Gasteiger partial charge >= 0.3 is 0 Å². The summed E-state index contributed by atoms with van der Waals surface area (Å²) in [6, 6.07) is 12.6. The van der Waals surface area contributed by atoms with E-state index in [0.717, 1.165) is 12.8 Å². The number of carbonyl (C=O) groups excluding carboxylic acids is 1. The molecule has 0 bridgehead atoms. The zero-order valence-electron chi connectivity index (χ0n) is 15.1. The first kappa shape index (κ1) is 19.2. The van der Waals surface area contributed by atoms with E-state index in [9.17, 15) is 4.79 Å². The standard InChI is InChI=1S/C21H24Cl2N2O/c1-3-20(26)25-12-14-5-4-6-16-15(8-10-19(24-2)21(14)16)13-7-9-17(22)18(23)11-13/h4-7,9,11,15,19,24H,3,8,10,12H2,1-2H3,(H,25,26)/t15-,19-/m0/s1. The number of fused-ring (bicyclic) bond motifs is 1. The Bertz CT molecular complexity index is 807. The molecule has 0 fully saturated rings. The van der Waals surface area contributed by atoms with Gasteiger partial charge in [-0.05, 0) is 54.3 Å². The van der Waals surface area contributed by atoms with Crippen LogP contribution in [0.25, 0.3) is 0 Å². The molecule has 3 rings (SSSR count). The number of hydrogen-bond acceptors (Lipinski definition) is 2. The average Bonchev–Trinajstić information content (AvgIpc) is 2.67. The minimum Gasteiger partial charge on any atom is -0.352 e. The molecule has 0 spiro atoms. The predicted octanol–water partition coefficient (Wildman–Crippen LogP) is 5.21. The van der Waals surface area contributed by atoms with Gasteiger partial charge in [0.15, 0.2) is 0 Å². The molecule has 1 amide bonds. The number of nitrogens with one attached hydrogen (secondary N) is 2. The molecule has 5 heteroatoms. The van der Waals surface area contributed by atoms with Crippen LogP contribution in [0.15, 0.2) is 36.4 Å². The Labute approximate surface area is 165 Å². The number of amides is 1. The first-order chi connectivity index (χ1) is 12.5. The van der Waals surface area contributed by atoms with E-state index in [-0.39, 0.29) is 11.8 Å². The van der Waals surface area contributed by atoms with Crippen molar-refractivity contribution in [1.29, 1.82) is 0 Å². The van der Waals surface area contributed by atoms with E-state index >= 15 is 0 Å². The lowest BCUT2D eigenvalue weighted by atomic mass is 9.75. The first-order valence-corrected chi connectivity index (χ1v) is 9.81. The van der Waals surface area contributed by atoms with Crippen molar-refractivity contribution in [2.75, 3.05) is 7.05 Å². The van der Waals surface area contributed by atoms with E-state index < -0.39 is 0 Å². The van der Waals surface area contributed by atoms with Gasteiger partial charge in [0.25, 0.3) is 0 Å². The highest BCUT2D eigenvalue weighted by atomic mass is 35.5. The second kappa shape index (κ2) is 8.43. The van der Waals surface area contributed by atoms with Crippen LogP contribution in [0.5, 0.6) is 0 Å². The van der Waals surface area contributed by atoms with Gasteiger partial charge in [-0.15, -0.1) is 0 Å². The summed E-state index contributed by atoms with van der Waals surface area (Å²) < 4.78 is 0. The number of rotatable bonds is 5. The molecule has 0 saturated carbocycles. The van der Waals surface area contributed by atoms with E-state index in [1.54, 1.807) is 0 Å². The number of carbonyl (C=O) groups is 1. The molecule has 2 atom stereocenters. The van der Waals surface area contributed by atoms with Crippen LogP contribution in [0.2, 0.25) is 10.0 Å². The lowest BCUT2D eigenvalue weighted by Gasteiger charge is -2.34. The molecule has 0 radical (unpaired) electrons. The fraction of sp³-hybridized carbons (Fsp3) is 0.381. The van der Waals surface area contributed by atoms with Gasteiger partial charge < -0.3 is 10.6 Å². The highest BCUT2D eigenvalue weighted by Crippen LogP contribution is 2.43. The second-order valence-electron chi connectivity index (χ2n) is 6.70. The van der Waals surface area contributed by atoms with Gasteiger partial charge in [0.2, 0.25) is 5.91 Å². The van der Waals surface area contributed by atoms with E-state index in [1.165, 1.54) is 22.3 Å². The number of benzene rings is 2. The largest absolute Gasteiger partial charge is 0.352 e. The van der Waals surface area contributed by atoms with Crippen molar-refractivity contribution < 1.29 is 4.79 Å². The summed E-state index contributed by atoms with van der Waals surface area (Å²) in [6.45, 7) is 2.43. The van der Waals surface area contributed by atoms with Gasteiger partial charge in [0, 0.05) is 24.9 Å². The molecule has 2 N–H and O–H groups in total. The van der Waals surface area contributed by atoms with Crippen LogP contribution in [0.4, 0.5) is 0 Å². The molecule has 0 aliphatic heterocycles. The summed E-state index contributed by atoms with van der Waals surface area (Å²) >= 11 is 12.3. The van der Waals surface area contributed by atoms with Gasteiger partial charge in [0.1, 0.15) is 0 Å². The molecule has 3 nitrogen and oxygen atoms in total. The Hall–Kier alpha value is -1.55. The van der Waals surface area contributed by atoms with Crippen molar-refractivity contribution in [2.45, 2.75) is 44.7 Å². The van der Waals surface area contributed by atoms with Crippen LogP contribution in [0.1, 0.15) is 60.4 Å². The van der Waals surface area contributed by atoms with Crippen molar-refractivity contribution in [2.24, 2.45) is 0 Å². The van der Waals surface area contributed by atoms with Crippen LogP contribution < -0.4 is 10.6 Å². The van der Waals surface area contributed by atoms with E-state index in [2.05, 4.69) is 34.9 Å². The molecule has 1 aliphatic rings. The summed E-state index contributed by atoms with van der Waals surface area (Å²) in [6.07, 6.45) is 2.57. The third kappa shape index (κ3) is 3.90. The zero-order chi connectivity index (χ0) is 18.7. The van der Waals surface area contributed by atoms with Gasteiger partial charge in [0.05, 0.1) is 10.0 Å². The molecular weight excluding hydrogens is 367 g/mol. The fourth-order valence-electron chi connectivity index (χ4n) is 3.83. The zero-order valence-corrected chi connectivity index (χ0v) is 16.6. The van der Waals surface area contributed by atoms with Crippen molar-refractivity contribution >= 4 is 29.1 Å². The van der Waals surface area contributed by atoms with Gasteiger partial charge in [-0.3, -0.25) is 4.79 Å². The number of hydrogen-bond donors (Lipinski definition) is 2. The fourth-order valence-corrected chi connectivity index (χ4v) is 4.14. The van der Waals surface area contributed by atoms with E-state index in [1.807, 2.05) is 26.1 Å². The summed E-state index contributed by atoms with van der Waals surface area (Å²) in [7, 11) is 2.00. The van der Waals surface area contributed by atoms with Gasteiger partial charge in [-0.25, -0.2) is 0 Å². The molecule has 138 valence electrons. The maximum Gasteiger partial charge on any atom is 0.219 e. The SMILES string of the molecule is CCC(=O)NCc1cccc2c1[C@@H](NC)CC[C@H]2c1ccc(Cl)c(Cl)c1. The summed E-state index contributed by atoms with van der Waals surface area (Å²) in [5, 5.41) is 7.61. The second-order valence-corrected chi connectivity index (χ2v) is 7.51. The van der Waals surface area contributed by atoms with Crippen LogP contribution in [0.3, 0.4) is 0 Å². The Morgan fingerprint density at radius 1 is 1.15 bits per heavy atom. The Morgan fingerprint density at radius 2 is 1.96 bits per heavy atom. The van der Waals surface area contributed by atoms with Crippen LogP contribution in [-0.4, -0.2) is 13.0 Å². The minimum absolute atomic E-state index is 0.0699. The predicted molar refractivity (Wildman–Crippen MR) is 108 cm³/mol. The van der Waals surface area contributed by atoms with E-state index in [4.69, 9.17) is 23.2 Å². The molecular formula is C21H24Cl2N2O. The van der Waals surface area contributed by atoms with Crippen LogP contribution >= 0.6 is 23.2 Å². The lowest BCUT2D eigenvalue weighted by molar-refractivity contribution is -0.120. The number of halogens is 2. The van der Waals surface area contributed by atoms with Crippen molar-refractivity contribution in [3.8, 4) is 0 Å². The molecule has 0 saturated heterocycles. The molecule has 2 aromatic rings. The molecule has 2 aromatic carbocycles. The third-order valence-corrected chi connectivity index (χ3v) is 5.93. The topological polar surface area (TPSA) is 41.1 Å². The van der Waals surface area contributed by atoms with Crippen molar-refractivity contribution in [3.63, 3.8) is 0 Å². The van der Waals surface area contributed by atoms with Crippen molar-refractivity contribution in [1.82, 2.24) is 10.6 Å². The smallest absolute Gasteiger partial charge is 0.219 e. The van der Waals surface area contributed by atoms with Crippen LogP contribution in [-0.2, 0) is 11.3 Å². The Kier molecular flexibility index (Phi) is 6.23. The Balaban J connectivity index is 2.01. The molecule has 26 heavy (non-hydrogen) atoms. The molecule has 0 aromatic heterocycles. The quantitative estimate of drug-likeness (QED) is 0.735. The summed E-state index contributed by atoms with van der Waals surface area (Å²) in [4.78, 5) is 11.7. The molecule has 1 aliphatic carbocycles. The van der Waals surface area contributed by atoms with Crippen molar-refractivity contribution in [3.05, 3.63) is 68.7 Å². The van der Waals surface area contributed by atoms with Crippen LogP contribution in [0, 0.1) is 0 Å². The monoisotopic (exact) mass is 390 g/mol. The maximum atomic E-state index is 11.7. The summed E-state index contributed by atoms with van der Waals surface area (Å²) in [5.74, 6) is 0.353. The minimum atomic E-state index is 0.0699. The van der Waals surface area contributed by atoms with E-state index in [0.29, 0.717) is 29.1 Å². The Morgan fingerprint density at radius 3 is 2.65 bits per heavy atom.